The maximum Gasteiger partial charge on any atom is 0.213 e. The van der Waals surface area contributed by atoms with Gasteiger partial charge in [-0.15, -0.1) is 0 Å². The van der Waals surface area contributed by atoms with Gasteiger partial charge in [0.15, 0.2) is 12.0 Å². The maximum atomic E-state index is 15.9. The number of anilines is 2. The van der Waals surface area contributed by atoms with Crippen LogP contribution < -0.4 is 4.90 Å². The quantitative estimate of drug-likeness (QED) is 0.243. The van der Waals surface area contributed by atoms with Crippen LogP contribution in [0, 0.1) is 40.1 Å². The number of ketones is 1. The van der Waals surface area contributed by atoms with Gasteiger partial charge in [-0.1, -0.05) is 25.5 Å². The average molecular weight is 554 g/mol. The van der Waals surface area contributed by atoms with Crippen molar-refractivity contribution in [3.8, 4) is 12.1 Å². The zero-order valence-corrected chi connectivity index (χ0v) is 22.1. The normalized spacial score (nSPS) is 15.7. The second-order valence-electron chi connectivity index (χ2n) is 9.62. The number of aliphatic hydroxyl groups excluding tert-OH is 1. The van der Waals surface area contributed by atoms with Gasteiger partial charge in [-0.25, -0.2) is 13.2 Å². The summed E-state index contributed by atoms with van der Waals surface area (Å²) in [7, 11) is 0. The molecule has 0 fully saturated rings. The number of para-hydroxylation sites is 1. The van der Waals surface area contributed by atoms with E-state index in [1.165, 1.54) is 17.0 Å². The van der Waals surface area contributed by atoms with Crippen LogP contribution in [-0.4, -0.2) is 34.8 Å². The van der Waals surface area contributed by atoms with Gasteiger partial charge in [0.05, 0.1) is 46.1 Å². The van der Waals surface area contributed by atoms with E-state index >= 15 is 4.39 Å². The molecule has 1 aliphatic carbocycles. The van der Waals surface area contributed by atoms with Crippen LogP contribution >= 0.6 is 0 Å². The highest BCUT2D eigenvalue weighted by Crippen LogP contribution is 2.45. The lowest BCUT2D eigenvalue weighted by Crippen LogP contribution is -2.25. The Bertz CT molecular complexity index is 1780. The zero-order chi connectivity index (χ0) is 29.3. The summed E-state index contributed by atoms with van der Waals surface area (Å²) >= 11 is 0. The van der Waals surface area contributed by atoms with Crippen LogP contribution in [0.4, 0.5) is 30.2 Å². The molecule has 0 saturated carbocycles. The number of nitrogens with zero attached hydrogens (tertiary/aromatic N) is 4. The number of carbonyl (C=O) groups excluding carboxylic acids is 1. The molecule has 0 radical (unpaired) electrons. The molecule has 5 rings (SSSR count). The molecule has 1 heterocycles. The van der Waals surface area contributed by atoms with Crippen LogP contribution in [0.3, 0.4) is 0 Å². The van der Waals surface area contributed by atoms with E-state index in [4.69, 9.17) is 5.26 Å². The Labute approximate surface area is 234 Å². The molecule has 6 nitrogen and oxygen atoms in total. The summed E-state index contributed by atoms with van der Waals surface area (Å²) < 4.78 is 46.1. The lowest BCUT2D eigenvalue weighted by molar-refractivity contribution is -0.432. The van der Waals surface area contributed by atoms with Crippen molar-refractivity contribution < 1.29 is 27.6 Å². The van der Waals surface area contributed by atoms with E-state index in [0.29, 0.717) is 11.6 Å². The number of carbonyl (C=O) groups is 1. The van der Waals surface area contributed by atoms with Gasteiger partial charge in [0.1, 0.15) is 35.6 Å². The summed E-state index contributed by atoms with van der Waals surface area (Å²) in [6.45, 7) is 2.69. The number of nitriles is 2. The molecule has 0 saturated heterocycles. The Kier molecular flexibility index (Phi) is 7.45. The van der Waals surface area contributed by atoms with Crippen LogP contribution in [0.2, 0.25) is 0 Å². The molecule has 0 aromatic heterocycles. The molecule has 1 aliphatic heterocycles. The summed E-state index contributed by atoms with van der Waals surface area (Å²) in [6, 6.07) is 16.5. The molecule has 3 aromatic carbocycles. The van der Waals surface area contributed by atoms with E-state index in [1.807, 2.05) is 41.1 Å². The van der Waals surface area contributed by atoms with Gasteiger partial charge in [0.2, 0.25) is 11.5 Å². The first kappa shape index (κ1) is 27.4. The van der Waals surface area contributed by atoms with Gasteiger partial charge in [0, 0.05) is 30.7 Å². The summed E-state index contributed by atoms with van der Waals surface area (Å²) in [5.74, 6) is -3.80. The van der Waals surface area contributed by atoms with Gasteiger partial charge in [-0.2, -0.15) is 15.1 Å². The Morgan fingerprint density at radius 3 is 2.41 bits per heavy atom. The molecule has 0 bridgehead atoms. The van der Waals surface area contributed by atoms with Crippen molar-refractivity contribution in [3.05, 3.63) is 100 Å². The molecule has 0 atom stereocenters. The SMILES string of the molecule is CCCC[N+]1=C/C(=C2/C(=O)C(c3ccc(N(CCC#N)c4ccc(F)cc4F)c(C#N)c3F)=C2O)c2ccccc21. The van der Waals surface area contributed by atoms with Crippen LogP contribution in [0.1, 0.15) is 42.9 Å². The minimum atomic E-state index is -1.08. The molecular weight excluding hydrogens is 529 g/mol. The largest absolute Gasteiger partial charge is 0.506 e. The van der Waals surface area contributed by atoms with Crippen LogP contribution in [0.25, 0.3) is 11.1 Å². The minimum Gasteiger partial charge on any atom is -0.506 e. The summed E-state index contributed by atoms with van der Waals surface area (Å²) in [5, 5.41) is 30.0. The second kappa shape index (κ2) is 11.1. The Balaban J connectivity index is 1.60. The minimum absolute atomic E-state index is 0.0652. The Morgan fingerprint density at radius 1 is 0.976 bits per heavy atom. The maximum absolute atomic E-state index is 15.9. The van der Waals surface area contributed by atoms with Crippen LogP contribution in [-0.2, 0) is 4.79 Å². The van der Waals surface area contributed by atoms with E-state index in [9.17, 15) is 23.9 Å². The van der Waals surface area contributed by atoms with E-state index < -0.39 is 28.8 Å². The fourth-order valence-electron chi connectivity index (χ4n) is 5.18. The van der Waals surface area contributed by atoms with Crippen LogP contribution in [0.5, 0.6) is 0 Å². The van der Waals surface area contributed by atoms with Crippen molar-refractivity contribution >= 4 is 40.2 Å². The van der Waals surface area contributed by atoms with Crippen LogP contribution in [0.15, 0.2) is 65.9 Å². The molecule has 204 valence electrons. The molecule has 0 spiro atoms. The smallest absolute Gasteiger partial charge is 0.213 e. The highest BCUT2D eigenvalue weighted by molar-refractivity contribution is 6.44. The van der Waals surface area contributed by atoms with Crippen molar-refractivity contribution in [1.29, 1.82) is 10.5 Å². The first-order valence-corrected chi connectivity index (χ1v) is 13.1. The van der Waals surface area contributed by atoms with E-state index in [2.05, 4.69) is 6.92 Å². The van der Waals surface area contributed by atoms with Crippen molar-refractivity contribution in [3.63, 3.8) is 0 Å². The first-order valence-electron chi connectivity index (χ1n) is 13.1. The first-order chi connectivity index (χ1) is 19.8. The third-order valence-corrected chi connectivity index (χ3v) is 7.18. The van der Waals surface area contributed by atoms with Gasteiger partial charge in [-0.3, -0.25) is 4.79 Å². The molecular formula is C32H24F3N4O2+. The Morgan fingerprint density at radius 2 is 1.73 bits per heavy atom. The monoisotopic (exact) mass is 553 g/mol. The highest BCUT2D eigenvalue weighted by atomic mass is 19.1. The van der Waals surface area contributed by atoms with Gasteiger partial charge < -0.3 is 10.0 Å². The number of hydrogen-bond acceptors (Lipinski definition) is 5. The molecule has 1 N–H and O–H groups in total. The Hall–Kier alpha value is -5.15. The standard InChI is InChI=1S/C32H23F3N4O2/c1-2-3-14-38-18-23(20-7-4-5-8-25(20)38)29-31(40)28(32(29)41)21-10-12-26(22(17-37)30(21)35)39(15-6-13-36)27-11-9-19(33)16-24(27)34/h4-5,7-12,16,18H,2-3,6,14-15H2,1H3/p+1. The second-order valence-corrected chi connectivity index (χ2v) is 9.62. The third-order valence-electron chi connectivity index (χ3n) is 7.18. The summed E-state index contributed by atoms with van der Waals surface area (Å²) in [4.78, 5) is 14.6. The van der Waals surface area contributed by atoms with E-state index in [-0.39, 0.29) is 46.8 Å². The summed E-state index contributed by atoms with van der Waals surface area (Å²) in [6.07, 6.45) is 3.62. The van der Waals surface area contributed by atoms with Crippen molar-refractivity contribution in [2.24, 2.45) is 0 Å². The number of allylic oxidation sites excluding steroid dienone is 3. The number of fused-ring (bicyclic) bond motifs is 1. The molecule has 0 unspecified atom stereocenters. The molecule has 0 amide bonds. The number of aliphatic hydroxyl groups is 1. The zero-order valence-electron chi connectivity index (χ0n) is 22.1. The fourth-order valence-corrected chi connectivity index (χ4v) is 5.18. The average Bonchev–Trinajstić information content (AvgIpc) is 3.32. The molecule has 9 heteroatoms. The van der Waals surface area contributed by atoms with Gasteiger partial charge >= 0.3 is 0 Å². The number of Topliss-reactive ketones (excluding diaryl/α,β-unsaturated/α-hetero) is 1. The van der Waals surface area contributed by atoms with Crippen molar-refractivity contribution in [1.82, 2.24) is 0 Å². The fraction of sp³-hybridized carbons (Fsp3) is 0.188. The lowest BCUT2D eigenvalue weighted by atomic mass is 9.79. The highest BCUT2D eigenvalue weighted by Gasteiger charge is 2.42. The number of unbranched alkanes of at least 4 members (excludes halogenated alkanes) is 1. The third kappa shape index (κ3) is 4.66. The predicted molar refractivity (Wildman–Crippen MR) is 148 cm³/mol. The number of halogens is 3. The number of hydrogen-bond donors (Lipinski definition) is 1. The molecule has 3 aromatic rings. The van der Waals surface area contributed by atoms with Crippen molar-refractivity contribution in [2.45, 2.75) is 26.2 Å². The lowest BCUT2D eigenvalue weighted by Gasteiger charge is -2.27. The van der Waals surface area contributed by atoms with E-state index in [0.717, 1.165) is 42.8 Å². The topological polar surface area (TPSA) is 91.1 Å². The van der Waals surface area contributed by atoms with Gasteiger partial charge in [-0.05, 0) is 30.3 Å². The number of benzene rings is 3. The predicted octanol–water partition coefficient (Wildman–Crippen LogP) is 6.86. The summed E-state index contributed by atoms with van der Waals surface area (Å²) in [5.41, 5.74) is 1.03. The van der Waals surface area contributed by atoms with E-state index in [1.54, 1.807) is 6.07 Å². The van der Waals surface area contributed by atoms with Crippen molar-refractivity contribution in [2.75, 3.05) is 18.0 Å². The molecule has 41 heavy (non-hydrogen) atoms. The number of rotatable bonds is 8. The molecule has 2 aliphatic rings. The van der Waals surface area contributed by atoms with Gasteiger partial charge in [0.25, 0.3) is 0 Å².